The Labute approximate surface area is 223 Å². The smallest absolute Gasteiger partial charge is 0.323 e. The van der Waals surface area contributed by atoms with Crippen LogP contribution in [0.15, 0.2) is 65.7 Å². The number of ether oxygens (including phenoxy) is 1. The molecular weight excluding hydrogens is 514 g/mol. The van der Waals surface area contributed by atoms with Crippen LogP contribution in [0.5, 0.6) is 5.75 Å². The van der Waals surface area contributed by atoms with Crippen LogP contribution in [0.1, 0.15) is 25.8 Å². The Morgan fingerprint density at radius 3 is 2.49 bits per heavy atom. The Kier molecular flexibility index (Phi) is 9.58. The Bertz CT molecular complexity index is 1330. The number of carboxylic acids is 2. The number of para-hydroxylation sites is 1. The Morgan fingerprint density at radius 1 is 1.14 bits per heavy atom. The van der Waals surface area contributed by atoms with Gasteiger partial charge >= 0.3 is 5.97 Å². The van der Waals surface area contributed by atoms with E-state index >= 15 is 0 Å². The van der Waals surface area contributed by atoms with E-state index in [2.05, 4.69) is 0 Å². The number of carbonyl (C=O) groups is 3. The molecule has 1 amide bonds. The number of hydrogen-bond donors (Lipinski definition) is 2. The summed E-state index contributed by atoms with van der Waals surface area (Å²) in [5, 5.41) is 21.3. The van der Waals surface area contributed by atoms with Gasteiger partial charge in [-0.3, -0.25) is 19.3 Å². The number of hydrogen-bond acceptors (Lipinski definition) is 7. The topological polar surface area (TPSA) is 122 Å². The summed E-state index contributed by atoms with van der Waals surface area (Å²) in [6.07, 6.45) is 4.45. The Morgan fingerprint density at radius 2 is 1.84 bits per heavy atom. The molecule has 1 saturated heterocycles. The zero-order chi connectivity index (χ0) is 26.9. The average molecular weight is 540 g/mol. The zero-order valence-corrected chi connectivity index (χ0v) is 21.8. The van der Waals surface area contributed by atoms with E-state index in [0.29, 0.717) is 22.8 Å². The van der Waals surface area contributed by atoms with Gasteiger partial charge in [0.15, 0.2) is 0 Å². The van der Waals surface area contributed by atoms with Crippen molar-refractivity contribution < 1.29 is 29.3 Å². The van der Waals surface area contributed by atoms with Crippen molar-refractivity contribution in [2.24, 2.45) is 0 Å². The predicted octanol–water partition coefficient (Wildman–Crippen LogP) is 4.70. The number of thioether (sulfide) groups is 1. The zero-order valence-electron chi connectivity index (χ0n) is 20.2. The lowest BCUT2D eigenvalue weighted by molar-refractivity contribution is -0.140. The van der Waals surface area contributed by atoms with Gasteiger partial charge < -0.3 is 14.9 Å². The molecule has 0 aliphatic carbocycles. The molecule has 9 nitrogen and oxygen atoms in total. The van der Waals surface area contributed by atoms with E-state index < -0.39 is 24.4 Å². The first-order chi connectivity index (χ1) is 17.7. The molecule has 11 heteroatoms. The molecule has 1 aromatic heterocycles. The summed E-state index contributed by atoms with van der Waals surface area (Å²) < 4.78 is 7.75. The van der Waals surface area contributed by atoms with E-state index in [1.807, 2.05) is 67.7 Å². The third-order valence-corrected chi connectivity index (χ3v) is 6.17. The second-order valence-corrected chi connectivity index (χ2v) is 9.45. The van der Waals surface area contributed by atoms with Gasteiger partial charge in [0.25, 0.3) is 11.9 Å². The lowest BCUT2D eigenvalue weighted by Gasteiger charge is -2.10. The molecule has 0 radical (unpaired) electrons. The molecule has 2 heterocycles. The summed E-state index contributed by atoms with van der Waals surface area (Å²) >= 11 is 6.31. The van der Waals surface area contributed by atoms with Crippen LogP contribution in [0.3, 0.4) is 0 Å². The molecular formula is C26H25N3O6S2. The molecule has 1 aliphatic heterocycles. The highest BCUT2D eigenvalue weighted by molar-refractivity contribution is 8.26. The summed E-state index contributed by atoms with van der Waals surface area (Å²) in [4.78, 5) is 34.3. The number of benzene rings is 2. The molecule has 2 N–H and O–H groups in total. The SMILES string of the molecule is CC(=O)O.CCCOc1cccc(-c2nn(-c3ccccc3)cc2/C=C2/SC(=S)N(CC(=O)O)C2=O)c1. The van der Waals surface area contributed by atoms with Crippen LogP contribution in [-0.4, -0.2) is 60.2 Å². The van der Waals surface area contributed by atoms with Gasteiger partial charge in [-0.05, 0) is 36.8 Å². The van der Waals surface area contributed by atoms with E-state index in [1.165, 1.54) is 0 Å². The highest BCUT2D eigenvalue weighted by Crippen LogP contribution is 2.35. The number of rotatable bonds is 8. The van der Waals surface area contributed by atoms with E-state index in [9.17, 15) is 9.59 Å². The average Bonchev–Trinajstić information content (AvgIpc) is 3.39. The van der Waals surface area contributed by atoms with Crippen LogP contribution in [0.4, 0.5) is 0 Å². The minimum Gasteiger partial charge on any atom is -0.494 e. The van der Waals surface area contributed by atoms with Gasteiger partial charge in [-0.1, -0.05) is 61.2 Å². The molecule has 37 heavy (non-hydrogen) atoms. The highest BCUT2D eigenvalue weighted by Gasteiger charge is 2.33. The summed E-state index contributed by atoms with van der Waals surface area (Å²) in [6.45, 7) is 3.28. The second-order valence-electron chi connectivity index (χ2n) is 7.77. The molecule has 0 saturated carbocycles. The van der Waals surface area contributed by atoms with Crippen molar-refractivity contribution in [2.75, 3.05) is 13.2 Å². The fourth-order valence-corrected chi connectivity index (χ4v) is 4.54. The van der Waals surface area contributed by atoms with Crippen LogP contribution < -0.4 is 4.74 Å². The monoisotopic (exact) mass is 539 g/mol. The lowest BCUT2D eigenvalue weighted by atomic mass is 10.1. The first-order valence-electron chi connectivity index (χ1n) is 11.2. The maximum atomic E-state index is 12.8. The molecule has 192 valence electrons. The number of thiocarbonyl (C=S) groups is 1. The Balaban J connectivity index is 0.000000886. The molecule has 0 atom stereocenters. The molecule has 1 aliphatic rings. The quantitative estimate of drug-likeness (QED) is 0.310. The number of carbonyl (C=O) groups excluding carboxylic acids is 1. The van der Waals surface area contributed by atoms with Gasteiger partial charge in [-0.25, -0.2) is 4.68 Å². The summed E-state index contributed by atoms with van der Waals surface area (Å²) in [6, 6.07) is 17.3. The number of aromatic nitrogens is 2. The normalized spacial score (nSPS) is 13.9. The molecule has 0 spiro atoms. The van der Waals surface area contributed by atoms with Gasteiger partial charge in [-0.15, -0.1) is 0 Å². The summed E-state index contributed by atoms with van der Waals surface area (Å²) in [5.74, 6) is -1.64. The van der Waals surface area contributed by atoms with Crippen molar-refractivity contribution in [3.05, 3.63) is 71.3 Å². The maximum absolute atomic E-state index is 12.8. The van der Waals surface area contributed by atoms with Crippen molar-refractivity contribution in [3.8, 4) is 22.7 Å². The molecule has 0 unspecified atom stereocenters. The third kappa shape index (κ3) is 7.51. The van der Waals surface area contributed by atoms with Crippen LogP contribution >= 0.6 is 24.0 Å². The summed E-state index contributed by atoms with van der Waals surface area (Å²) in [5.41, 5.74) is 3.09. The van der Waals surface area contributed by atoms with E-state index in [-0.39, 0.29) is 4.32 Å². The first-order valence-corrected chi connectivity index (χ1v) is 12.5. The van der Waals surface area contributed by atoms with Gasteiger partial charge in [0, 0.05) is 24.2 Å². The molecule has 2 aromatic carbocycles. The fraction of sp³-hybridized carbons (Fsp3) is 0.192. The number of carboxylic acid groups (broad SMARTS) is 2. The molecule has 3 aromatic rings. The minimum atomic E-state index is -1.12. The van der Waals surface area contributed by atoms with Gasteiger partial charge in [0.1, 0.15) is 22.3 Å². The van der Waals surface area contributed by atoms with Gasteiger partial charge in [-0.2, -0.15) is 5.10 Å². The van der Waals surface area contributed by atoms with Crippen LogP contribution in [0.25, 0.3) is 23.0 Å². The van der Waals surface area contributed by atoms with E-state index in [1.54, 1.807) is 10.8 Å². The second kappa shape index (κ2) is 12.8. The van der Waals surface area contributed by atoms with Crippen LogP contribution in [-0.2, 0) is 14.4 Å². The van der Waals surface area contributed by atoms with E-state index in [4.69, 9.17) is 37.1 Å². The highest BCUT2D eigenvalue weighted by atomic mass is 32.2. The largest absolute Gasteiger partial charge is 0.494 e. The number of aliphatic carboxylic acids is 2. The summed E-state index contributed by atoms with van der Waals surface area (Å²) in [7, 11) is 0. The lowest BCUT2D eigenvalue weighted by Crippen LogP contribution is -2.33. The van der Waals surface area contributed by atoms with Crippen molar-refractivity contribution in [1.82, 2.24) is 14.7 Å². The van der Waals surface area contributed by atoms with Crippen molar-refractivity contribution >= 4 is 52.2 Å². The molecule has 1 fully saturated rings. The van der Waals surface area contributed by atoms with Crippen LogP contribution in [0.2, 0.25) is 0 Å². The minimum absolute atomic E-state index is 0.223. The Hall–Kier alpha value is -3.96. The fourth-order valence-electron chi connectivity index (χ4n) is 3.30. The standard InChI is InChI=1S/C24H21N3O4S2.C2H4O2/c1-2-11-31-19-10-6-7-16(12-19)22-17(14-27(25-22)18-8-4-3-5-9-18)13-20-23(30)26(15-21(28)29)24(32)33-20;1-2(3)4/h3-10,12-14H,2,11,15H2,1H3,(H,28,29);1H3,(H,3,4)/b20-13+;. The van der Waals surface area contributed by atoms with Crippen molar-refractivity contribution in [3.63, 3.8) is 0 Å². The predicted molar refractivity (Wildman–Crippen MR) is 146 cm³/mol. The van der Waals surface area contributed by atoms with Crippen molar-refractivity contribution in [1.29, 1.82) is 0 Å². The van der Waals surface area contributed by atoms with E-state index in [0.717, 1.165) is 47.0 Å². The maximum Gasteiger partial charge on any atom is 0.323 e. The van der Waals surface area contributed by atoms with Crippen molar-refractivity contribution in [2.45, 2.75) is 20.3 Å². The number of amides is 1. The third-order valence-electron chi connectivity index (χ3n) is 4.80. The van der Waals surface area contributed by atoms with Gasteiger partial charge in [0.2, 0.25) is 0 Å². The first kappa shape index (κ1) is 27.6. The molecule has 0 bridgehead atoms. The number of nitrogens with zero attached hydrogens (tertiary/aromatic N) is 3. The van der Waals surface area contributed by atoms with Crippen LogP contribution in [0, 0.1) is 0 Å². The molecule has 4 rings (SSSR count). The van der Waals surface area contributed by atoms with Gasteiger partial charge in [0.05, 0.1) is 17.2 Å².